The molecular weight excluding hydrogens is 412 g/mol. The smallest absolute Gasteiger partial charge is 0.220 e. The molecule has 0 saturated heterocycles. The molecule has 5 heteroatoms. The Kier molecular flexibility index (Phi) is 22.2. The SMILES string of the molecule is CCCCCCCCCCCCCC/C=C\CCCC(=O)NCCC[N+](C)(C)CC(O)CO. The van der Waals surface area contributed by atoms with E-state index in [9.17, 15) is 9.90 Å². The largest absolute Gasteiger partial charge is 0.393 e. The lowest BCUT2D eigenvalue weighted by Crippen LogP contribution is -2.47. The summed E-state index contributed by atoms with van der Waals surface area (Å²) in [5, 5.41) is 21.5. The van der Waals surface area contributed by atoms with E-state index in [1.165, 1.54) is 83.5 Å². The molecule has 3 N–H and O–H groups in total. The summed E-state index contributed by atoms with van der Waals surface area (Å²) in [6.45, 7) is 4.13. The topological polar surface area (TPSA) is 69.6 Å². The molecule has 0 radical (unpaired) electrons. The number of hydrogen-bond acceptors (Lipinski definition) is 3. The summed E-state index contributed by atoms with van der Waals surface area (Å²) in [7, 11) is 4.06. The van der Waals surface area contributed by atoms with Gasteiger partial charge in [-0.15, -0.1) is 0 Å². The van der Waals surface area contributed by atoms with Gasteiger partial charge in [-0.3, -0.25) is 4.79 Å². The van der Waals surface area contributed by atoms with Gasteiger partial charge in [0.25, 0.3) is 0 Å². The van der Waals surface area contributed by atoms with Gasteiger partial charge in [0.15, 0.2) is 0 Å². The van der Waals surface area contributed by atoms with E-state index in [1.54, 1.807) is 0 Å². The number of aliphatic hydroxyl groups is 2. The van der Waals surface area contributed by atoms with Gasteiger partial charge in [0.1, 0.15) is 12.6 Å². The van der Waals surface area contributed by atoms with Crippen LogP contribution in [0.1, 0.15) is 116 Å². The Hall–Kier alpha value is -0.910. The summed E-state index contributed by atoms with van der Waals surface area (Å²) in [6.07, 6.45) is 25.1. The summed E-state index contributed by atoms with van der Waals surface area (Å²) in [5.74, 6) is 0.130. The maximum absolute atomic E-state index is 11.9. The minimum Gasteiger partial charge on any atom is -0.393 e. The third-order valence-electron chi connectivity index (χ3n) is 6.34. The highest BCUT2D eigenvalue weighted by molar-refractivity contribution is 5.75. The fourth-order valence-corrected chi connectivity index (χ4v) is 4.26. The van der Waals surface area contributed by atoms with Gasteiger partial charge in [-0.1, -0.05) is 89.7 Å². The molecule has 33 heavy (non-hydrogen) atoms. The van der Waals surface area contributed by atoms with E-state index in [2.05, 4.69) is 24.4 Å². The zero-order valence-electron chi connectivity index (χ0n) is 22.3. The van der Waals surface area contributed by atoms with E-state index in [1.807, 2.05) is 14.1 Å². The number of amides is 1. The van der Waals surface area contributed by atoms with Gasteiger partial charge in [-0.25, -0.2) is 0 Å². The second-order valence-corrected chi connectivity index (χ2v) is 10.4. The summed E-state index contributed by atoms with van der Waals surface area (Å²) >= 11 is 0. The van der Waals surface area contributed by atoms with Crippen LogP contribution in [-0.2, 0) is 4.79 Å². The normalized spacial score (nSPS) is 13.0. The van der Waals surface area contributed by atoms with Crippen LogP contribution in [0.2, 0.25) is 0 Å². The number of carbonyl (C=O) groups is 1. The molecule has 0 fully saturated rings. The molecule has 0 saturated carbocycles. The number of rotatable bonds is 24. The molecule has 1 atom stereocenters. The van der Waals surface area contributed by atoms with Crippen LogP contribution in [0.5, 0.6) is 0 Å². The van der Waals surface area contributed by atoms with Crippen LogP contribution in [0.15, 0.2) is 12.2 Å². The molecule has 0 rings (SSSR count). The maximum atomic E-state index is 11.9. The lowest BCUT2D eigenvalue weighted by atomic mass is 10.0. The number of allylic oxidation sites excluding steroid dienone is 2. The van der Waals surface area contributed by atoms with E-state index >= 15 is 0 Å². The molecule has 1 amide bonds. The quantitative estimate of drug-likeness (QED) is 0.0959. The number of unbranched alkanes of at least 4 members (excludes halogenated alkanes) is 13. The number of aliphatic hydroxyl groups excluding tert-OH is 2. The van der Waals surface area contributed by atoms with Crippen molar-refractivity contribution < 1.29 is 19.5 Å². The minimum absolute atomic E-state index is 0.130. The molecule has 196 valence electrons. The monoisotopic (exact) mass is 469 g/mol. The molecule has 0 aromatic heterocycles. The molecule has 1 unspecified atom stereocenters. The Balaban J connectivity index is 3.41. The molecule has 0 aromatic rings. The molecule has 0 aliphatic carbocycles. The highest BCUT2D eigenvalue weighted by Gasteiger charge is 2.19. The van der Waals surface area contributed by atoms with Crippen molar-refractivity contribution in [2.75, 3.05) is 40.3 Å². The molecule has 0 aliphatic heterocycles. The fraction of sp³-hybridized carbons (Fsp3) is 0.893. The first-order chi connectivity index (χ1) is 15.9. The summed E-state index contributed by atoms with van der Waals surface area (Å²) in [4.78, 5) is 11.9. The Morgan fingerprint density at radius 1 is 0.818 bits per heavy atom. The van der Waals surface area contributed by atoms with Crippen molar-refractivity contribution in [2.24, 2.45) is 0 Å². The van der Waals surface area contributed by atoms with Gasteiger partial charge in [-0.2, -0.15) is 0 Å². The maximum Gasteiger partial charge on any atom is 0.220 e. The van der Waals surface area contributed by atoms with Crippen LogP contribution in [0.3, 0.4) is 0 Å². The Morgan fingerprint density at radius 2 is 1.33 bits per heavy atom. The Bertz CT molecular complexity index is 466. The number of likely N-dealkylation sites (N-methyl/N-ethyl adjacent to an activating group) is 1. The molecule has 0 aliphatic rings. The predicted molar refractivity (Wildman–Crippen MR) is 141 cm³/mol. The average molecular weight is 470 g/mol. The van der Waals surface area contributed by atoms with E-state index in [-0.39, 0.29) is 12.5 Å². The van der Waals surface area contributed by atoms with Crippen molar-refractivity contribution >= 4 is 5.91 Å². The van der Waals surface area contributed by atoms with Gasteiger partial charge in [0, 0.05) is 19.4 Å². The fourth-order valence-electron chi connectivity index (χ4n) is 4.26. The highest BCUT2D eigenvalue weighted by atomic mass is 16.3. The number of quaternary nitrogens is 1. The molecule has 0 bridgehead atoms. The molecule has 0 heterocycles. The Morgan fingerprint density at radius 3 is 1.88 bits per heavy atom. The van der Waals surface area contributed by atoms with Crippen molar-refractivity contribution in [3.8, 4) is 0 Å². The molecule has 5 nitrogen and oxygen atoms in total. The first kappa shape index (κ1) is 32.1. The lowest BCUT2D eigenvalue weighted by Gasteiger charge is -2.31. The first-order valence-electron chi connectivity index (χ1n) is 13.9. The van der Waals surface area contributed by atoms with Crippen LogP contribution in [0, 0.1) is 0 Å². The first-order valence-corrected chi connectivity index (χ1v) is 13.9. The molecule has 0 aromatic carbocycles. The molecule has 0 spiro atoms. The van der Waals surface area contributed by atoms with Crippen molar-refractivity contribution in [3.05, 3.63) is 12.2 Å². The third-order valence-corrected chi connectivity index (χ3v) is 6.34. The summed E-state index contributed by atoms with van der Waals surface area (Å²) in [6, 6.07) is 0. The van der Waals surface area contributed by atoms with Gasteiger partial charge < -0.3 is 20.0 Å². The molecular formula is C28H57N2O3+. The number of nitrogens with zero attached hydrogens (tertiary/aromatic N) is 1. The zero-order chi connectivity index (χ0) is 24.6. The highest BCUT2D eigenvalue weighted by Crippen LogP contribution is 2.12. The zero-order valence-corrected chi connectivity index (χ0v) is 22.3. The van der Waals surface area contributed by atoms with Crippen LogP contribution in [0.4, 0.5) is 0 Å². The number of nitrogens with one attached hydrogen (secondary N) is 1. The van der Waals surface area contributed by atoms with Gasteiger partial charge in [0.05, 0.1) is 27.2 Å². The minimum atomic E-state index is -0.678. The van der Waals surface area contributed by atoms with Gasteiger partial charge in [-0.05, 0) is 25.7 Å². The van der Waals surface area contributed by atoms with Crippen LogP contribution in [-0.4, -0.2) is 67.0 Å². The Labute approximate surface area is 205 Å². The standard InChI is InChI=1S/C28H56N2O3/c1-4-5-6-7-8-9-10-11-12-13-14-15-16-17-18-19-20-22-28(33)29-23-21-24-30(2,3)25-27(32)26-31/h17-18,27,31-32H,4-16,19-26H2,1-3H3/p+1/b18-17-. The van der Waals surface area contributed by atoms with Crippen LogP contribution in [0.25, 0.3) is 0 Å². The van der Waals surface area contributed by atoms with Crippen LogP contribution >= 0.6 is 0 Å². The van der Waals surface area contributed by atoms with Gasteiger partial charge in [0.2, 0.25) is 5.91 Å². The van der Waals surface area contributed by atoms with Crippen molar-refractivity contribution in [1.82, 2.24) is 5.32 Å². The van der Waals surface area contributed by atoms with E-state index < -0.39 is 6.10 Å². The second kappa shape index (κ2) is 22.9. The van der Waals surface area contributed by atoms with Crippen molar-refractivity contribution in [3.63, 3.8) is 0 Å². The van der Waals surface area contributed by atoms with Crippen LogP contribution < -0.4 is 5.32 Å². The summed E-state index contributed by atoms with van der Waals surface area (Å²) < 4.78 is 0.640. The summed E-state index contributed by atoms with van der Waals surface area (Å²) in [5.41, 5.74) is 0. The number of carbonyl (C=O) groups excluding carboxylic acids is 1. The number of hydrogen-bond donors (Lipinski definition) is 3. The van der Waals surface area contributed by atoms with E-state index in [0.717, 1.165) is 25.8 Å². The van der Waals surface area contributed by atoms with Gasteiger partial charge >= 0.3 is 0 Å². The second-order valence-electron chi connectivity index (χ2n) is 10.4. The lowest BCUT2D eigenvalue weighted by molar-refractivity contribution is -0.893. The van der Waals surface area contributed by atoms with Crippen molar-refractivity contribution in [2.45, 2.75) is 122 Å². The van der Waals surface area contributed by atoms with E-state index in [4.69, 9.17) is 5.11 Å². The third kappa shape index (κ3) is 24.0. The average Bonchev–Trinajstić information content (AvgIpc) is 2.78. The van der Waals surface area contributed by atoms with Crippen molar-refractivity contribution in [1.29, 1.82) is 0 Å². The van der Waals surface area contributed by atoms with E-state index in [0.29, 0.717) is 24.0 Å². The predicted octanol–water partition coefficient (Wildman–Crippen LogP) is 5.74.